The number of rotatable bonds is 3. The molecular formula is C16H18N2O3. The molecule has 0 bridgehead atoms. The summed E-state index contributed by atoms with van der Waals surface area (Å²) in [5.74, 6) is 0.541. The maximum Gasteiger partial charge on any atom is 0.264 e. The van der Waals surface area contributed by atoms with Crippen LogP contribution in [-0.2, 0) is 9.53 Å². The van der Waals surface area contributed by atoms with E-state index in [1.54, 1.807) is 18.1 Å². The Labute approximate surface area is 124 Å². The van der Waals surface area contributed by atoms with Gasteiger partial charge in [-0.3, -0.25) is 4.79 Å². The third kappa shape index (κ3) is 3.61. The summed E-state index contributed by atoms with van der Waals surface area (Å²) in [6, 6.07) is 7.54. The number of benzene rings is 1. The molecule has 1 aromatic rings. The van der Waals surface area contributed by atoms with Crippen LogP contribution in [0.1, 0.15) is 11.1 Å². The molecule has 1 aliphatic heterocycles. The molecule has 1 aromatic carbocycles. The molecule has 110 valence electrons. The Morgan fingerprint density at radius 2 is 2.14 bits per heavy atom. The Bertz CT molecular complexity index is 596. The predicted octanol–water partition coefficient (Wildman–Crippen LogP) is 1.77. The Morgan fingerprint density at radius 1 is 1.43 bits per heavy atom. The third-order valence-corrected chi connectivity index (χ3v) is 3.38. The van der Waals surface area contributed by atoms with Crippen molar-refractivity contribution in [2.45, 2.75) is 6.92 Å². The topological polar surface area (TPSA) is 62.6 Å². The summed E-state index contributed by atoms with van der Waals surface area (Å²) in [6.45, 7) is 4.02. The number of nitrogens with zero attached hydrogens (tertiary/aromatic N) is 2. The van der Waals surface area contributed by atoms with E-state index in [-0.39, 0.29) is 11.5 Å². The van der Waals surface area contributed by atoms with Gasteiger partial charge in [-0.25, -0.2) is 0 Å². The summed E-state index contributed by atoms with van der Waals surface area (Å²) in [5.41, 5.74) is 1.91. The van der Waals surface area contributed by atoms with Crippen LogP contribution in [0.4, 0.5) is 0 Å². The van der Waals surface area contributed by atoms with Crippen molar-refractivity contribution in [3.8, 4) is 11.8 Å². The van der Waals surface area contributed by atoms with Gasteiger partial charge in [0, 0.05) is 13.1 Å². The highest BCUT2D eigenvalue weighted by Crippen LogP contribution is 2.20. The van der Waals surface area contributed by atoms with Gasteiger partial charge in [-0.2, -0.15) is 5.26 Å². The maximum absolute atomic E-state index is 12.3. The average Bonchev–Trinajstić information content (AvgIpc) is 2.53. The summed E-state index contributed by atoms with van der Waals surface area (Å²) < 4.78 is 10.4. The number of morpholine rings is 1. The van der Waals surface area contributed by atoms with E-state index in [4.69, 9.17) is 9.47 Å². The van der Waals surface area contributed by atoms with E-state index < -0.39 is 0 Å². The third-order valence-electron chi connectivity index (χ3n) is 3.38. The second-order valence-corrected chi connectivity index (χ2v) is 4.80. The first-order valence-electron chi connectivity index (χ1n) is 6.79. The number of aryl methyl sites for hydroxylation is 1. The van der Waals surface area contributed by atoms with Gasteiger partial charge in [0.15, 0.2) is 0 Å². The van der Waals surface area contributed by atoms with Crippen molar-refractivity contribution in [2.75, 3.05) is 33.4 Å². The minimum Gasteiger partial charge on any atom is -0.496 e. The standard InChI is InChI=1S/C16H18N2O3/c1-12-9-13(3-4-15(12)20-2)10-14(11-17)16(19)18-5-7-21-8-6-18/h3-4,9-10H,5-8H2,1-2H3/b14-10+. The lowest BCUT2D eigenvalue weighted by Gasteiger charge is -2.26. The van der Waals surface area contributed by atoms with Gasteiger partial charge in [0.25, 0.3) is 5.91 Å². The number of ether oxygens (including phenoxy) is 2. The van der Waals surface area contributed by atoms with Gasteiger partial charge >= 0.3 is 0 Å². The van der Waals surface area contributed by atoms with Gasteiger partial charge in [-0.15, -0.1) is 0 Å². The van der Waals surface area contributed by atoms with Gasteiger partial charge in [0.05, 0.1) is 20.3 Å². The van der Waals surface area contributed by atoms with Crippen LogP contribution in [0.25, 0.3) is 6.08 Å². The normalized spacial score (nSPS) is 15.5. The summed E-state index contributed by atoms with van der Waals surface area (Å²) in [4.78, 5) is 13.9. The second-order valence-electron chi connectivity index (χ2n) is 4.80. The van der Waals surface area contributed by atoms with Crippen LogP contribution < -0.4 is 4.74 Å². The van der Waals surface area contributed by atoms with E-state index in [0.29, 0.717) is 26.3 Å². The molecule has 0 unspecified atom stereocenters. The SMILES string of the molecule is COc1ccc(/C=C(\C#N)C(=O)N2CCOCC2)cc1C. The summed E-state index contributed by atoms with van der Waals surface area (Å²) in [7, 11) is 1.61. The van der Waals surface area contributed by atoms with Gasteiger partial charge in [0.2, 0.25) is 0 Å². The van der Waals surface area contributed by atoms with Gasteiger partial charge in [-0.1, -0.05) is 6.07 Å². The molecule has 0 atom stereocenters. The van der Waals surface area contributed by atoms with Crippen LogP contribution in [0, 0.1) is 18.3 Å². The first kappa shape index (κ1) is 15.1. The number of carbonyl (C=O) groups excluding carboxylic acids is 1. The summed E-state index contributed by atoms with van der Waals surface area (Å²) >= 11 is 0. The number of hydrogen-bond donors (Lipinski definition) is 0. The fraction of sp³-hybridized carbons (Fsp3) is 0.375. The Morgan fingerprint density at radius 3 is 2.71 bits per heavy atom. The molecule has 1 amide bonds. The van der Waals surface area contributed by atoms with E-state index in [1.807, 2.05) is 31.2 Å². The lowest BCUT2D eigenvalue weighted by atomic mass is 10.1. The summed E-state index contributed by atoms with van der Waals surface area (Å²) in [6.07, 6.45) is 1.62. The second kappa shape index (κ2) is 6.91. The molecule has 0 radical (unpaired) electrons. The molecule has 1 fully saturated rings. The van der Waals surface area contributed by atoms with E-state index in [9.17, 15) is 10.1 Å². The fourth-order valence-electron chi connectivity index (χ4n) is 2.24. The first-order chi connectivity index (χ1) is 10.2. The molecule has 5 nitrogen and oxygen atoms in total. The number of methoxy groups -OCH3 is 1. The van der Waals surface area contributed by atoms with Crippen molar-refractivity contribution in [3.05, 3.63) is 34.9 Å². The van der Waals surface area contributed by atoms with E-state index in [1.165, 1.54) is 0 Å². The zero-order chi connectivity index (χ0) is 15.2. The van der Waals surface area contributed by atoms with Gasteiger partial charge in [-0.05, 0) is 36.3 Å². The van der Waals surface area contributed by atoms with Crippen LogP contribution in [-0.4, -0.2) is 44.2 Å². The fourth-order valence-corrected chi connectivity index (χ4v) is 2.24. The largest absolute Gasteiger partial charge is 0.496 e. The smallest absolute Gasteiger partial charge is 0.264 e. The highest BCUT2D eigenvalue weighted by Gasteiger charge is 2.20. The molecule has 21 heavy (non-hydrogen) atoms. The Balaban J connectivity index is 2.22. The van der Waals surface area contributed by atoms with Crippen LogP contribution >= 0.6 is 0 Å². The van der Waals surface area contributed by atoms with E-state index in [2.05, 4.69) is 0 Å². The van der Waals surface area contributed by atoms with Gasteiger partial charge < -0.3 is 14.4 Å². The zero-order valence-electron chi connectivity index (χ0n) is 12.3. The highest BCUT2D eigenvalue weighted by molar-refractivity contribution is 6.01. The van der Waals surface area contributed by atoms with E-state index in [0.717, 1.165) is 16.9 Å². The molecule has 1 heterocycles. The molecule has 0 N–H and O–H groups in total. The average molecular weight is 286 g/mol. The Kier molecular flexibility index (Phi) is 4.96. The highest BCUT2D eigenvalue weighted by atomic mass is 16.5. The van der Waals surface area contributed by atoms with Crippen molar-refractivity contribution >= 4 is 12.0 Å². The molecular weight excluding hydrogens is 268 g/mol. The number of nitriles is 1. The van der Waals surface area contributed by atoms with Crippen molar-refractivity contribution in [1.29, 1.82) is 5.26 Å². The van der Waals surface area contributed by atoms with Crippen molar-refractivity contribution < 1.29 is 14.3 Å². The lowest BCUT2D eigenvalue weighted by molar-refractivity contribution is -0.130. The summed E-state index contributed by atoms with van der Waals surface area (Å²) in [5, 5.41) is 9.24. The molecule has 0 saturated carbocycles. The number of hydrogen-bond acceptors (Lipinski definition) is 4. The first-order valence-corrected chi connectivity index (χ1v) is 6.79. The molecule has 2 rings (SSSR count). The molecule has 0 aromatic heterocycles. The van der Waals surface area contributed by atoms with Gasteiger partial charge in [0.1, 0.15) is 17.4 Å². The van der Waals surface area contributed by atoms with Crippen LogP contribution in [0.3, 0.4) is 0 Å². The maximum atomic E-state index is 12.3. The zero-order valence-corrected chi connectivity index (χ0v) is 12.3. The van der Waals surface area contributed by atoms with Crippen LogP contribution in [0.15, 0.2) is 23.8 Å². The molecule has 0 spiro atoms. The Hall–Kier alpha value is -2.32. The monoisotopic (exact) mass is 286 g/mol. The quantitative estimate of drug-likeness (QED) is 0.627. The number of carbonyl (C=O) groups is 1. The molecule has 5 heteroatoms. The molecule has 1 aliphatic rings. The minimum absolute atomic E-state index is 0.140. The predicted molar refractivity (Wildman–Crippen MR) is 78.7 cm³/mol. The molecule has 1 saturated heterocycles. The van der Waals surface area contributed by atoms with Crippen LogP contribution in [0.5, 0.6) is 5.75 Å². The van der Waals surface area contributed by atoms with Crippen molar-refractivity contribution in [1.82, 2.24) is 4.90 Å². The van der Waals surface area contributed by atoms with E-state index >= 15 is 0 Å². The lowest BCUT2D eigenvalue weighted by Crippen LogP contribution is -2.41. The van der Waals surface area contributed by atoms with Crippen molar-refractivity contribution in [2.24, 2.45) is 0 Å². The number of amides is 1. The van der Waals surface area contributed by atoms with Crippen LogP contribution in [0.2, 0.25) is 0 Å². The van der Waals surface area contributed by atoms with Crippen molar-refractivity contribution in [3.63, 3.8) is 0 Å². The minimum atomic E-state index is -0.241. The molecule has 0 aliphatic carbocycles.